The van der Waals surface area contributed by atoms with Gasteiger partial charge in [-0.05, 0) is 30.2 Å². The van der Waals surface area contributed by atoms with E-state index in [2.05, 4.69) is 11.8 Å². The van der Waals surface area contributed by atoms with Gasteiger partial charge in [-0.25, -0.2) is 4.39 Å². The van der Waals surface area contributed by atoms with E-state index < -0.39 is 18.4 Å². The third-order valence-corrected chi connectivity index (χ3v) is 2.31. The minimum Gasteiger partial charge on any atom is -0.377 e. The third kappa shape index (κ3) is 7.12. The summed E-state index contributed by atoms with van der Waals surface area (Å²) in [5.41, 5.74) is 6.21. The zero-order valence-electron chi connectivity index (χ0n) is 10.8. The van der Waals surface area contributed by atoms with Crippen molar-refractivity contribution in [3.8, 4) is 11.8 Å². The predicted molar refractivity (Wildman–Crippen MR) is 67.3 cm³/mol. The van der Waals surface area contributed by atoms with Crippen molar-refractivity contribution in [2.45, 2.75) is 25.6 Å². The number of halogens is 4. The molecule has 0 fully saturated rings. The van der Waals surface area contributed by atoms with Gasteiger partial charge in [0.1, 0.15) is 5.82 Å². The Bertz CT molecular complexity index is 488. The van der Waals surface area contributed by atoms with Crippen LogP contribution in [0.3, 0.4) is 0 Å². The van der Waals surface area contributed by atoms with E-state index in [4.69, 9.17) is 10.5 Å². The van der Waals surface area contributed by atoms with Gasteiger partial charge < -0.3 is 10.5 Å². The highest BCUT2D eigenvalue weighted by molar-refractivity contribution is 5.37. The van der Waals surface area contributed by atoms with Crippen LogP contribution >= 0.6 is 0 Å². The van der Waals surface area contributed by atoms with E-state index in [0.717, 1.165) is 0 Å². The fraction of sp³-hybridized carbons (Fsp3) is 0.429. The highest BCUT2D eigenvalue weighted by Gasteiger charge is 2.25. The molecule has 2 nitrogen and oxygen atoms in total. The Morgan fingerprint density at radius 3 is 2.60 bits per heavy atom. The molecule has 0 saturated carbocycles. The summed E-state index contributed by atoms with van der Waals surface area (Å²) in [4.78, 5) is 0. The maximum absolute atomic E-state index is 13.3. The fourth-order valence-electron chi connectivity index (χ4n) is 1.52. The van der Waals surface area contributed by atoms with Crippen LogP contribution in [0.25, 0.3) is 0 Å². The van der Waals surface area contributed by atoms with Gasteiger partial charge >= 0.3 is 6.18 Å². The number of benzene rings is 1. The lowest BCUT2D eigenvalue weighted by Gasteiger charge is -2.07. The third-order valence-electron chi connectivity index (χ3n) is 2.31. The van der Waals surface area contributed by atoms with Crippen molar-refractivity contribution in [1.29, 1.82) is 0 Å². The van der Waals surface area contributed by atoms with Crippen LogP contribution in [0.15, 0.2) is 18.2 Å². The topological polar surface area (TPSA) is 35.2 Å². The van der Waals surface area contributed by atoms with Crippen molar-refractivity contribution in [2.24, 2.45) is 5.73 Å². The number of rotatable bonds is 5. The molecule has 0 aromatic heterocycles. The second-order valence-corrected chi connectivity index (χ2v) is 4.13. The van der Waals surface area contributed by atoms with Gasteiger partial charge in [0.15, 0.2) is 0 Å². The van der Waals surface area contributed by atoms with Crippen molar-refractivity contribution in [3.05, 3.63) is 35.1 Å². The molecule has 0 amide bonds. The molecule has 6 heteroatoms. The van der Waals surface area contributed by atoms with Crippen LogP contribution in [-0.4, -0.2) is 19.3 Å². The number of alkyl halides is 3. The lowest BCUT2D eigenvalue weighted by molar-refractivity contribution is -0.138. The normalized spacial score (nSPS) is 11.1. The maximum Gasteiger partial charge on any atom is 0.389 e. The van der Waals surface area contributed by atoms with Crippen LogP contribution in [0, 0.1) is 17.7 Å². The second-order valence-electron chi connectivity index (χ2n) is 4.13. The maximum atomic E-state index is 13.3. The summed E-state index contributed by atoms with van der Waals surface area (Å²) in [6.45, 7) is 0.187. The van der Waals surface area contributed by atoms with E-state index in [1.807, 2.05) is 0 Å². The molecule has 0 spiro atoms. The molecular formula is C14H15F4NO. The Kier molecular flexibility index (Phi) is 6.49. The van der Waals surface area contributed by atoms with Gasteiger partial charge in [-0.2, -0.15) is 13.2 Å². The standard InChI is InChI=1S/C14H15F4NO/c15-13-8-11(3-1-5-19)7-12(9-13)10-20-6-2-4-14(16,17)18/h7-9H,2,4-6,10,19H2. The van der Waals surface area contributed by atoms with Crippen LogP contribution in [0.1, 0.15) is 24.0 Å². The summed E-state index contributed by atoms with van der Waals surface area (Å²) in [6, 6.07) is 4.14. The Hall–Kier alpha value is -1.58. The van der Waals surface area contributed by atoms with Gasteiger partial charge in [0, 0.05) is 18.6 Å². The molecule has 1 rings (SSSR count). The number of ether oxygens (including phenoxy) is 1. The van der Waals surface area contributed by atoms with Gasteiger partial charge in [-0.3, -0.25) is 0 Å². The first kappa shape index (κ1) is 16.5. The second kappa shape index (κ2) is 7.88. The summed E-state index contributed by atoms with van der Waals surface area (Å²) in [5, 5.41) is 0. The lowest BCUT2D eigenvalue weighted by Crippen LogP contribution is -2.08. The molecule has 0 aliphatic carbocycles. The monoisotopic (exact) mass is 289 g/mol. The van der Waals surface area contributed by atoms with Crippen LogP contribution in [0.4, 0.5) is 17.6 Å². The molecular weight excluding hydrogens is 274 g/mol. The lowest BCUT2D eigenvalue weighted by atomic mass is 10.1. The van der Waals surface area contributed by atoms with Crippen LogP contribution in [0.5, 0.6) is 0 Å². The van der Waals surface area contributed by atoms with Crippen molar-refractivity contribution in [3.63, 3.8) is 0 Å². The van der Waals surface area contributed by atoms with Crippen molar-refractivity contribution in [2.75, 3.05) is 13.2 Å². The molecule has 0 atom stereocenters. The van der Waals surface area contributed by atoms with Crippen LogP contribution in [0.2, 0.25) is 0 Å². The number of nitrogens with two attached hydrogens (primary N) is 1. The summed E-state index contributed by atoms with van der Waals surface area (Å²) in [5.74, 6) is 4.82. The molecule has 0 bridgehead atoms. The molecule has 0 aliphatic heterocycles. The average molecular weight is 289 g/mol. The van der Waals surface area contributed by atoms with Gasteiger partial charge in [0.2, 0.25) is 0 Å². The Balaban J connectivity index is 2.46. The highest BCUT2D eigenvalue weighted by atomic mass is 19.4. The Morgan fingerprint density at radius 2 is 1.95 bits per heavy atom. The van der Waals surface area contributed by atoms with E-state index >= 15 is 0 Å². The minimum atomic E-state index is -4.17. The number of hydrogen-bond donors (Lipinski definition) is 1. The molecule has 0 radical (unpaired) electrons. The average Bonchev–Trinajstić information content (AvgIpc) is 2.34. The van der Waals surface area contributed by atoms with Crippen molar-refractivity contribution < 1.29 is 22.3 Å². The first-order valence-corrected chi connectivity index (χ1v) is 6.03. The van der Waals surface area contributed by atoms with Gasteiger partial charge in [-0.1, -0.05) is 11.8 Å². The molecule has 110 valence electrons. The summed E-state index contributed by atoms with van der Waals surface area (Å²) in [6.07, 6.45) is -5.17. The van der Waals surface area contributed by atoms with Gasteiger partial charge in [-0.15, -0.1) is 0 Å². The molecule has 1 aromatic rings. The molecule has 0 aliphatic rings. The van der Waals surface area contributed by atoms with Crippen molar-refractivity contribution in [1.82, 2.24) is 0 Å². The first-order valence-electron chi connectivity index (χ1n) is 6.03. The van der Waals surface area contributed by atoms with E-state index in [9.17, 15) is 17.6 Å². The van der Waals surface area contributed by atoms with E-state index in [0.29, 0.717) is 11.1 Å². The SMILES string of the molecule is NCC#Cc1cc(F)cc(COCCCC(F)(F)F)c1. The van der Waals surface area contributed by atoms with Gasteiger partial charge in [0.05, 0.1) is 13.2 Å². The molecule has 1 aromatic carbocycles. The van der Waals surface area contributed by atoms with E-state index in [-0.39, 0.29) is 26.2 Å². The zero-order valence-corrected chi connectivity index (χ0v) is 10.8. The number of hydrogen-bond acceptors (Lipinski definition) is 2. The smallest absolute Gasteiger partial charge is 0.377 e. The predicted octanol–water partition coefficient (Wildman–Crippen LogP) is 3.00. The summed E-state index contributed by atoms with van der Waals surface area (Å²) in [7, 11) is 0. The highest BCUT2D eigenvalue weighted by Crippen LogP contribution is 2.21. The minimum absolute atomic E-state index is 0.0279. The quantitative estimate of drug-likeness (QED) is 0.514. The molecule has 20 heavy (non-hydrogen) atoms. The van der Waals surface area contributed by atoms with E-state index in [1.54, 1.807) is 6.07 Å². The summed E-state index contributed by atoms with van der Waals surface area (Å²) >= 11 is 0. The fourth-order valence-corrected chi connectivity index (χ4v) is 1.52. The van der Waals surface area contributed by atoms with E-state index in [1.165, 1.54) is 12.1 Å². The Labute approximate surface area is 114 Å². The largest absolute Gasteiger partial charge is 0.389 e. The Morgan fingerprint density at radius 1 is 1.20 bits per heavy atom. The van der Waals surface area contributed by atoms with Crippen LogP contribution in [-0.2, 0) is 11.3 Å². The molecule has 0 saturated heterocycles. The summed E-state index contributed by atoms with van der Waals surface area (Å²) < 4.78 is 54.1. The molecule has 0 unspecified atom stereocenters. The zero-order chi connectivity index (χ0) is 15.0. The van der Waals surface area contributed by atoms with Crippen molar-refractivity contribution >= 4 is 0 Å². The molecule has 2 N–H and O–H groups in total. The van der Waals surface area contributed by atoms with Crippen LogP contribution < -0.4 is 5.73 Å². The van der Waals surface area contributed by atoms with Gasteiger partial charge in [0.25, 0.3) is 0 Å². The molecule has 0 heterocycles. The first-order chi connectivity index (χ1) is 9.40.